The molecule has 0 saturated carbocycles. The van der Waals surface area contributed by atoms with Gasteiger partial charge in [-0.3, -0.25) is 9.69 Å². The second-order valence-electron chi connectivity index (χ2n) is 8.79. The van der Waals surface area contributed by atoms with Crippen LogP contribution in [0.4, 0.5) is 0 Å². The first-order valence-corrected chi connectivity index (χ1v) is 13.0. The van der Waals surface area contributed by atoms with Gasteiger partial charge < -0.3 is 19.5 Å². The second kappa shape index (κ2) is 12.2. The lowest BCUT2D eigenvalue weighted by Gasteiger charge is -2.37. The molecule has 0 unspecified atom stereocenters. The molecule has 1 aliphatic heterocycles. The van der Waals surface area contributed by atoms with Gasteiger partial charge in [0.2, 0.25) is 5.91 Å². The number of carbonyl (C=O) groups is 1. The molecular weight excluding hydrogens is 460 g/mol. The van der Waals surface area contributed by atoms with Gasteiger partial charge in [0.05, 0.1) is 25.8 Å². The maximum Gasteiger partial charge on any atom is 0.237 e. The highest BCUT2D eigenvalue weighted by Gasteiger charge is 2.33. The molecule has 3 aromatic rings. The first-order chi connectivity index (χ1) is 17.1. The molecule has 0 spiro atoms. The van der Waals surface area contributed by atoms with Crippen LogP contribution in [0.5, 0.6) is 11.5 Å². The largest absolute Gasteiger partial charge is 0.493 e. The Bertz CT molecular complexity index is 1090. The third kappa shape index (κ3) is 6.42. The van der Waals surface area contributed by atoms with Gasteiger partial charge >= 0.3 is 0 Å². The van der Waals surface area contributed by atoms with E-state index >= 15 is 0 Å². The normalized spacial score (nSPS) is 16.1. The lowest BCUT2D eigenvalue weighted by Crippen LogP contribution is -2.47. The Hall–Kier alpha value is -2.87. The Labute approximate surface area is 211 Å². The van der Waals surface area contributed by atoms with Crippen molar-refractivity contribution in [3.8, 4) is 11.5 Å². The first kappa shape index (κ1) is 25.2. The fourth-order valence-electron chi connectivity index (χ4n) is 4.62. The number of rotatable bonds is 11. The number of hydrogen-bond donors (Lipinski definition) is 1. The lowest BCUT2D eigenvalue weighted by atomic mass is 10.0. The number of benzene rings is 2. The summed E-state index contributed by atoms with van der Waals surface area (Å²) in [4.78, 5) is 18.8. The number of thiophene rings is 1. The predicted molar refractivity (Wildman–Crippen MR) is 139 cm³/mol. The average molecular weight is 495 g/mol. The van der Waals surface area contributed by atoms with Crippen LogP contribution in [-0.4, -0.2) is 66.8 Å². The zero-order valence-corrected chi connectivity index (χ0v) is 21.2. The molecule has 0 saturated heterocycles. The van der Waals surface area contributed by atoms with Crippen LogP contribution >= 0.6 is 11.3 Å². The van der Waals surface area contributed by atoms with Gasteiger partial charge in [-0.1, -0.05) is 49.4 Å². The number of fused-ring (bicyclic) bond motifs is 1. The maximum absolute atomic E-state index is 13.5. The van der Waals surface area contributed by atoms with Crippen molar-refractivity contribution in [2.75, 3.05) is 39.9 Å². The van der Waals surface area contributed by atoms with E-state index in [1.54, 1.807) is 18.4 Å². The Kier molecular flexibility index (Phi) is 8.79. The number of amides is 1. The highest BCUT2D eigenvalue weighted by molar-refractivity contribution is 7.10. The van der Waals surface area contributed by atoms with Crippen LogP contribution in [0, 0.1) is 0 Å². The van der Waals surface area contributed by atoms with Gasteiger partial charge in [0, 0.05) is 18.0 Å². The average Bonchev–Trinajstić information content (AvgIpc) is 3.36. The monoisotopic (exact) mass is 494 g/mol. The number of ether oxygens (including phenoxy) is 2. The van der Waals surface area contributed by atoms with Crippen molar-refractivity contribution >= 4 is 17.2 Å². The van der Waals surface area contributed by atoms with Crippen LogP contribution in [0.3, 0.4) is 0 Å². The third-order valence-electron chi connectivity index (χ3n) is 6.47. The van der Waals surface area contributed by atoms with Crippen LogP contribution in [0.15, 0.2) is 66.0 Å². The highest BCUT2D eigenvalue weighted by Crippen LogP contribution is 2.35. The lowest BCUT2D eigenvalue weighted by molar-refractivity contribution is -0.136. The Morgan fingerprint density at radius 3 is 2.63 bits per heavy atom. The van der Waals surface area contributed by atoms with E-state index in [0.29, 0.717) is 44.2 Å². The number of aliphatic hydroxyl groups excluding tert-OH is 1. The molecular formula is C28H34N2O4S. The fraction of sp³-hybridized carbons (Fsp3) is 0.393. The summed E-state index contributed by atoms with van der Waals surface area (Å²) in [5.41, 5.74) is 2.26. The number of likely N-dealkylation sites (N-methyl/N-ethyl adjacent to an activating group) is 1. The Morgan fingerprint density at radius 2 is 1.89 bits per heavy atom. The zero-order valence-electron chi connectivity index (χ0n) is 20.4. The van der Waals surface area contributed by atoms with E-state index in [1.807, 2.05) is 71.3 Å². The van der Waals surface area contributed by atoms with E-state index in [2.05, 4.69) is 11.4 Å². The predicted octanol–water partition coefficient (Wildman–Crippen LogP) is 4.19. The van der Waals surface area contributed by atoms with Gasteiger partial charge in [-0.15, -0.1) is 11.3 Å². The summed E-state index contributed by atoms with van der Waals surface area (Å²) >= 11 is 1.74. The molecule has 4 rings (SSSR count). The molecule has 7 heteroatoms. The molecule has 1 aromatic heterocycles. The minimum Gasteiger partial charge on any atom is -0.493 e. The SMILES string of the molecule is CCN(CC(=O)N1CCc2sccc2[C@@H]1COc1ccccc1OC)C[C@@H](O)Cc1ccccc1. The van der Waals surface area contributed by atoms with Crippen LogP contribution in [0.25, 0.3) is 0 Å². The molecule has 35 heavy (non-hydrogen) atoms. The first-order valence-electron chi connectivity index (χ1n) is 12.1. The molecule has 1 amide bonds. The zero-order chi connectivity index (χ0) is 24.6. The molecule has 0 bridgehead atoms. The van der Waals surface area contributed by atoms with Crippen molar-refractivity contribution in [1.29, 1.82) is 0 Å². The molecule has 186 valence electrons. The molecule has 0 fully saturated rings. The van der Waals surface area contributed by atoms with Gasteiger partial charge in [0.15, 0.2) is 11.5 Å². The van der Waals surface area contributed by atoms with Gasteiger partial charge in [-0.05, 0) is 54.1 Å². The molecule has 6 nitrogen and oxygen atoms in total. The van der Waals surface area contributed by atoms with E-state index in [-0.39, 0.29) is 18.5 Å². The maximum atomic E-state index is 13.5. The van der Waals surface area contributed by atoms with Gasteiger partial charge in [-0.25, -0.2) is 0 Å². The van der Waals surface area contributed by atoms with E-state index in [9.17, 15) is 9.90 Å². The summed E-state index contributed by atoms with van der Waals surface area (Å²) in [5, 5.41) is 12.7. The molecule has 1 aliphatic rings. The quantitative estimate of drug-likeness (QED) is 0.433. The van der Waals surface area contributed by atoms with Gasteiger partial charge in [0.25, 0.3) is 0 Å². The summed E-state index contributed by atoms with van der Waals surface area (Å²) in [6, 6.07) is 19.5. The molecule has 0 aliphatic carbocycles. The summed E-state index contributed by atoms with van der Waals surface area (Å²) in [7, 11) is 1.63. The van der Waals surface area contributed by atoms with Crippen LogP contribution in [0.2, 0.25) is 0 Å². The van der Waals surface area contributed by atoms with Crippen molar-refractivity contribution in [1.82, 2.24) is 9.80 Å². The smallest absolute Gasteiger partial charge is 0.237 e. The van der Waals surface area contributed by atoms with E-state index < -0.39 is 6.10 Å². The van der Waals surface area contributed by atoms with Gasteiger partial charge in [0.1, 0.15) is 6.61 Å². The summed E-state index contributed by atoms with van der Waals surface area (Å²) < 4.78 is 11.6. The minimum absolute atomic E-state index is 0.0595. The number of methoxy groups -OCH3 is 1. The number of hydrogen-bond acceptors (Lipinski definition) is 6. The summed E-state index contributed by atoms with van der Waals surface area (Å²) in [6.45, 7) is 4.47. The Morgan fingerprint density at radius 1 is 1.14 bits per heavy atom. The molecule has 2 atom stereocenters. The summed E-state index contributed by atoms with van der Waals surface area (Å²) in [5.74, 6) is 1.41. The van der Waals surface area contributed by atoms with Gasteiger partial charge in [-0.2, -0.15) is 0 Å². The molecule has 1 N–H and O–H groups in total. The number of aliphatic hydroxyl groups is 1. The number of carbonyl (C=O) groups excluding carboxylic acids is 1. The Balaban J connectivity index is 1.42. The van der Waals surface area contributed by atoms with Crippen molar-refractivity contribution in [3.63, 3.8) is 0 Å². The van der Waals surface area contributed by atoms with Crippen molar-refractivity contribution < 1.29 is 19.4 Å². The topological polar surface area (TPSA) is 62.2 Å². The molecule has 2 heterocycles. The second-order valence-corrected chi connectivity index (χ2v) is 9.79. The van der Waals surface area contributed by atoms with Crippen LogP contribution in [-0.2, 0) is 17.6 Å². The third-order valence-corrected chi connectivity index (χ3v) is 7.47. The van der Waals surface area contributed by atoms with Crippen molar-refractivity contribution in [3.05, 3.63) is 82.0 Å². The standard InChI is InChI=1S/C28H34N2O4S/c1-3-29(18-22(31)17-21-9-5-4-6-10-21)19-28(32)30-15-13-27-23(14-16-35-27)24(30)20-34-26-12-8-7-11-25(26)33-2/h4-12,14,16,22,24,31H,3,13,15,17-20H2,1-2H3/t22-,24-/m0/s1. The number of para-hydroxylation sites is 2. The number of nitrogens with zero attached hydrogens (tertiary/aromatic N) is 2. The molecule has 0 radical (unpaired) electrons. The van der Waals surface area contributed by atoms with Crippen molar-refractivity contribution in [2.24, 2.45) is 0 Å². The summed E-state index contributed by atoms with van der Waals surface area (Å²) in [6.07, 6.45) is 0.898. The van der Waals surface area contributed by atoms with Crippen LogP contribution < -0.4 is 9.47 Å². The van der Waals surface area contributed by atoms with E-state index in [4.69, 9.17) is 9.47 Å². The van der Waals surface area contributed by atoms with E-state index in [1.165, 1.54) is 4.88 Å². The highest BCUT2D eigenvalue weighted by atomic mass is 32.1. The van der Waals surface area contributed by atoms with Crippen molar-refractivity contribution in [2.45, 2.75) is 31.9 Å². The minimum atomic E-state index is -0.528. The fourth-order valence-corrected chi connectivity index (χ4v) is 5.55. The van der Waals surface area contributed by atoms with E-state index in [0.717, 1.165) is 17.5 Å². The van der Waals surface area contributed by atoms with Crippen LogP contribution in [0.1, 0.15) is 29.0 Å². The molecule has 2 aromatic carbocycles.